The fraction of sp³-hybridized carbons (Fsp3) is 0.273. The van der Waals surface area contributed by atoms with E-state index in [2.05, 4.69) is 5.10 Å². The van der Waals surface area contributed by atoms with Crippen molar-refractivity contribution >= 4 is 17.7 Å². The number of aromatic nitrogens is 2. The molecule has 2 aromatic rings. The van der Waals surface area contributed by atoms with Crippen LogP contribution >= 0.6 is 11.8 Å². The largest absolute Gasteiger partial charge is 0.478 e. The van der Waals surface area contributed by atoms with Gasteiger partial charge in [-0.25, -0.2) is 4.79 Å². The highest BCUT2D eigenvalue weighted by molar-refractivity contribution is 7.99. The van der Waals surface area contributed by atoms with Gasteiger partial charge in [-0.2, -0.15) is 5.10 Å². The van der Waals surface area contributed by atoms with E-state index in [0.717, 1.165) is 10.7 Å². The molecule has 2 aromatic heterocycles. The average Bonchev–Trinajstić information content (AvgIpc) is 2.73. The molecule has 0 saturated heterocycles. The first-order valence-electron chi connectivity index (χ1n) is 4.99. The number of nitrogens with zero attached hydrogens (tertiary/aromatic N) is 2. The lowest BCUT2D eigenvalue weighted by atomic mass is 10.3. The number of furan rings is 1. The van der Waals surface area contributed by atoms with Gasteiger partial charge in [0.2, 0.25) is 0 Å². The summed E-state index contributed by atoms with van der Waals surface area (Å²) in [5.41, 5.74) is 0.766. The van der Waals surface area contributed by atoms with Crippen molar-refractivity contribution in [1.29, 1.82) is 0 Å². The van der Waals surface area contributed by atoms with E-state index in [4.69, 9.17) is 9.52 Å². The van der Waals surface area contributed by atoms with Crippen LogP contribution in [0.4, 0.5) is 0 Å². The van der Waals surface area contributed by atoms with E-state index in [1.54, 1.807) is 24.9 Å². The van der Waals surface area contributed by atoms with Crippen molar-refractivity contribution in [1.82, 2.24) is 9.78 Å². The predicted octanol–water partition coefficient (Wildman–Crippen LogP) is 2.48. The number of aromatic carboxylic acids is 1. The fourth-order valence-corrected chi connectivity index (χ4v) is 2.62. The topological polar surface area (TPSA) is 68.3 Å². The van der Waals surface area contributed by atoms with E-state index < -0.39 is 5.97 Å². The molecule has 0 atom stereocenters. The Bertz CT molecular complexity index is 571. The van der Waals surface area contributed by atoms with Crippen LogP contribution in [0.1, 0.15) is 21.8 Å². The molecule has 0 aromatic carbocycles. The number of hydrogen-bond donors (Lipinski definition) is 1. The Labute approximate surface area is 102 Å². The first-order chi connectivity index (χ1) is 8.00. The minimum absolute atomic E-state index is 0.248. The third kappa shape index (κ3) is 2.08. The number of carboxylic acid groups (broad SMARTS) is 1. The molecule has 0 bridgehead atoms. The lowest BCUT2D eigenvalue weighted by Crippen LogP contribution is -2.00. The molecule has 0 spiro atoms. The van der Waals surface area contributed by atoms with Crippen molar-refractivity contribution in [2.24, 2.45) is 7.05 Å². The Kier molecular flexibility index (Phi) is 2.97. The van der Waals surface area contributed by atoms with Gasteiger partial charge in [0.1, 0.15) is 16.3 Å². The van der Waals surface area contributed by atoms with Crippen LogP contribution < -0.4 is 0 Å². The molecule has 0 saturated carbocycles. The van der Waals surface area contributed by atoms with Crippen LogP contribution in [0.2, 0.25) is 0 Å². The zero-order valence-corrected chi connectivity index (χ0v) is 10.5. The van der Waals surface area contributed by atoms with Crippen LogP contribution in [0.5, 0.6) is 0 Å². The number of carbonyl (C=O) groups is 1. The lowest BCUT2D eigenvalue weighted by Gasteiger charge is -2.02. The molecule has 0 aliphatic carbocycles. The molecule has 0 amide bonds. The van der Waals surface area contributed by atoms with Gasteiger partial charge in [0.25, 0.3) is 0 Å². The highest BCUT2D eigenvalue weighted by Gasteiger charge is 2.21. The molecule has 5 nitrogen and oxygen atoms in total. The van der Waals surface area contributed by atoms with Crippen LogP contribution in [-0.2, 0) is 7.05 Å². The Morgan fingerprint density at radius 3 is 2.76 bits per heavy atom. The maximum absolute atomic E-state index is 11.2. The smallest absolute Gasteiger partial charge is 0.340 e. The zero-order chi connectivity index (χ0) is 12.6. The quantitative estimate of drug-likeness (QED) is 0.908. The maximum Gasteiger partial charge on any atom is 0.340 e. The second-order valence-electron chi connectivity index (χ2n) is 3.64. The summed E-state index contributed by atoms with van der Waals surface area (Å²) in [5.74, 6) is -0.190. The van der Waals surface area contributed by atoms with Crippen LogP contribution in [0.3, 0.4) is 0 Å². The van der Waals surface area contributed by atoms with Crippen molar-refractivity contribution in [2.75, 3.05) is 0 Å². The third-order valence-electron chi connectivity index (χ3n) is 2.40. The Hall–Kier alpha value is -1.69. The van der Waals surface area contributed by atoms with E-state index in [-0.39, 0.29) is 5.56 Å². The molecule has 90 valence electrons. The minimum atomic E-state index is -0.959. The van der Waals surface area contributed by atoms with Gasteiger partial charge in [-0.05, 0) is 19.9 Å². The second kappa shape index (κ2) is 4.29. The van der Waals surface area contributed by atoms with Gasteiger partial charge in [0, 0.05) is 7.05 Å². The molecular weight excluding hydrogens is 240 g/mol. The highest BCUT2D eigenvalue weighted by Crippen LogP contribution is 2.33. The summed E-state index contributed by atoms with van der Waals surface area (Å²) in [6.45, 7) is 3.53. The normalized spacial score (nSPS) is 10.8. The van der Waals surface area contributed by atoms with Crippen molar-refractivity contribution in [2.45, 2.75) is 23.8 Å². The highest BCUT2D eigenvalue weighted by atomic mass is 32.2. The van der Waals surface area contributed by atoms with E-state index in [0.29, 0.717) is 10.7 Å². The summed E-state index contributed by atoms with van der Waals surface area (Å²) >= 11 is 1.35. The van der Waals surface area contributed by atoms with Crippen LogP contribution in [0, 0.1) is 13.8 Å². The molecule has 0 aliphatic rings. The first kappa shape index (κ1) is 11.8. The molecule has 1 N–H and O–H groups in total. The SMILES string of the molecule is Cc1nn(C)c(Sc2ccoc2C)c1C(=O)O. The Balaban J connectivity index is 2.45. The summed E-state index contributed by atoms with van der Waals surface area (Å²) < 4.78 is 6.77. The molecule has 17 heavy (non-hydrogen) atoms. The number of carboxylic acids is 1. The predicted molar refractivity (Wildman–Crippen MR) is 62.5 cm³/mol. The third-order valence-corrected chi connectivity index (χ3v) is 3.71. The molecule has 0 fully saturated rings. The van der Waals surface area contributed by atoms with Gasteiger partial charge in [-0.1, -0.05) is 11.8 Å². The first-order valence-corrected chi connectivity index (χ1v) is 5.81. The van der Waals surface area contributed by atoms with Crippen molar-refractivity contribution in [3.05, 3.63) is 29.3 Å². The van der Waals surface area contributed by atoms with Gasteiger partial charge >= 0.3 is 5.97 Å². The van der Waals surface area contributed by atoms with E-state index in [1.165, 1.54) is 11.8 Å². The van der Waals surface area contributed by atoms with E-state index in [1.807, 2.05) is 13.0 Å². The molecular formula is C11H12N2O3S. The van der Waals surface area contributed by atoms with Gasteiger partial charge in [0.15, 0.2) is 0 Å². The minimum Gasteiger partial charge on any atom is -0.478 e. The summed E-state index contributed by atoms with van der Waals surface area (Å²) in [4.78, 5) is 12.1. The van der Waals surface area contributed by atoms with Crippen molar-refractivity contribution in [3.63, 3.8) is 0 Å². The molecule has 0 unspecified atom stereocenters. The lowest BCUT2D eigenvalue weighted by molar-refractivity contribution is 0.0692. The zero-order valence-electron chi connectivity index (χ0n) is 9.72. The van der Waals surface area contributed by atoms with Crippen LogP contribution in [0.25, 0.3) is 0 Å². The second-order valence-corrected chi connectivity index (χ2v) is 4.67. The number of aryl methyl sites for hydroxylation is 3. The van der Waals surface area contributed by atoms with Crippen molar-refractivity contribution < 1.29 is 14.3 Å². The van der Waals surface area contributed by atoms with Crippen LogP contribution in [0.15, 0.2) is 26.7 Å². The monoisotopic (exact) mass is 252 g/mol. The number of hydrogen-bond acceptors (Lipinski definition) is 4. The van der Waals surface area contributed by atoms with Gasteiger partial charge in [-0.15, -0.1) is 0 Å². The maximum atomic E-state index is 11.2. The summed E-state index contributed by atoms with van der Waals surface area (Å²) in [7, 11) is 1.73. The number of rotatable bonds is 3. The Morgan fingerprint density at radius 2 is 2.24 bits per heavy atom. The van der Waals surface area contributed by atoms with Gasteiger partial charge in [-0.3, -0.25) is 4.68 Å². The fourth-order valence-electron chi connectivity index (χ4n) is 1.58. The molecule has 0 aliphatic heterocycles. The van der Waals surface area contributed by atoms with Gasteiger partial charge < -0.3 is 9.52 Å². The molecule has 6 heteroatoms. The van der Waals surface area contributed by atoms with Crippen molar-refractivity contribution in [3.8, 4) is 0 Å². The average molecular weight is 252 g/mol. The molecule has 0 radical (unpaired) electrons. The standard InChI is InChI=1S/C11H12N2O3S/c1-6-9(11(14)15)10(13(3)12-6)17-8-4-5-16-7(8)2/h4-5H,1-3H3,(H,14,15). The summed E-state index contributed by atoms with van der Waals surface area (Å²) in [6.07, 6.45) is 1.58. The summed E-state index contributed by atoms with van der Waals surface area (Å²) in [5, 5.41) is 13.9. The van der Waals surface area contributed by atoms with E-state index in [9.17, 15) is 4.79 Å². The Morgan fingerprint density at radius 1 is 1.53 bits per heavy atom. The molecule has 2 rings (SSSR count). The summed E-state index contributed by atoms with van der Waals surface area (Å²) in [6, 6.07) is 1.81. The van der Waals surface area contributed by atoms with E-state index >= 15 is 0 Å². The van der Waals surface area contributed by atoms with Crippen LogP contribution in [-0.4, -0.2) is 20.9 Å². The van der Waals surface area contributed by atoms with Gasteiger partial charge in [0.05, 0.1) is 16.9 Å². The molecule has 2 heterocycles.